The summed E-state index contributed by atoms with van der Waals surface area (Å²) in [4.78, 5) is 4.81. The fourth-order valence-corrected chi connectivity index (χ4v) is 4.28. The third kappa shape index (κ3) is 6.51. The fourth-order valence-electron chi connectivity index (χ4n) is 4.28. The lowest BCUT2D eigenvalue weighted by molar-refractivity contribution is 0.0512. The van der Waals surface area contributed by atoms with Crippen molar-refractivity contribution in [1.82, 2.24) is 10.6 Å². The van der Waals surface area contributed by atoms with Crippen LogP contribution in [0.2, 0.25) is 0 Å². The van der Waals surface area contributed by atoms with E-state index in [4.69, 9.17) is 14.5 Å². The van der Waals surface area contributed by atoms with Crippen molar-refractivity contribution in [3.63, 3.8) is 0 Å². The van der Waals surface area contributed by atoms with Gasteiger partial charge in [-0.1, -0.05) is 12.1 Å². The highest BCUT2D eigenvalue weighted by molar-refractivity contribution is 14.0. The zero-order valence-corrected chi connectivity index (χ0v) is 20.1. The molecule has 2 saturated heterocycles. The molecule has 2 aliphatic rings. The molecule has 2 aliphatic heterocycles. The summed E-state index contributed by atoms with van der Waals surface area (Å²) in [6, 6.07) is 6.91. The minimum atomic E-state index is -0.207. The van der Waals surface area contributed by atoms with Crippen LogP contribution in [0.15, 0.2) is 29.3 Å². The predicted molar refractivity (Wildman–Crippen MR) is 127 cm³/mol. The summed E-state index contributed by atoms with van der Waals surface area (Å²) in [5, 5.41) is 16.2. The number of nitrogens with zero attached hydrogens (tertiary/aromatic N) is 1. The topological polar surface area (TPSA) is 75.1 Å². The number of benzene rings is 1. The van der Waals surface area contributed by atoms with Crippen LogP contribution >= 0.6 is 24.0 Å². The maximum absolute atomic E-state index is 13.9. The molecule has 30 heavy (non-hydrogen) atoms. The summed E-state index contributed by atoms with van der Waals surface area (Å²) in [6.45, 7) is 6.91. The van der Waals surface area contributed by atoms with Crippen LogP contribution in [0.5, 0.6) is 0 Å². The number of hydrogen-bond acceptors (Lipinski definition) is 4. The van der Waals surface area contributed by atoms with Crippen molar-refractivity contribution in [1.29, 1.82) is 0 Å². The van der Waals surface area contributed by atoms with E-state index in [2.05, 4.69) is 10.6 Å². The SMILES string of the molecule is CCNC(=NCC1(CCO)CCOC1)NCC1(c2cccc(F)c2)CCOCC1.I. The van der Waals surface area contributed by atoms with Gasteiger partial charge >= 0.3 is 0 Å². The minimum absolute atomic E-state index is 0. The first kappa shape index (κ1) is 25.3. The van der Waals surface area contributed by atoms with Gasteiger partial charge in [-0.3, -0.25) is 4.99 Å². The van der Waals surface area contributed by atoms with Crippen LogP contribution in [0, 0.1) is 11.2 Å². The van der Waals surface area contributed by atoms with E-state index in [0.29, 0.717) is 39.3 Å². The minimum Gasteiger partial charge on any atom is -0.396 e. The number of nitrogens with one attached hydrogen (secondary N) is 2. The smallest absolute Gasteiger partial charge is 0.191 e. The maximum atomic E-state index is 13.9. The molecule has 1 unspecified atom stereocenters. The molecule has 1 aromatic rings. The van der Waals surface area contributed by atoms with Gasteiger partial charge in [0.25, 0.3) is 0 Å². The first-order chi connectivity index (χ1) is 14.1. The Morgan fingerprint density at radius 2 is 1.93 bits per heavy atom. The maximum Gasteiger partial charge on any atom is 0.191 e. The Morgan fingerprint density at radius 1 is 1.17 bits per heavy atom. The van der Waals surface area contributed by atoms with Crippen molar-refractivity contribution in [3.8, 4) is 0 Å². The van der Waals surface area contributed by atoms with Gasteiger partial charge in [0.05, 0.1) is 13.2 Å². The second-order valence-corrected chi connectivity index (χ2v) is 8.23. The van der Waals surface area contributed by atoms with E-state index in [-0.39, 0.29) is 47.2 Å². The number of aliphatic hydroxyl groups is 1. The van der Waals surface area contributed by atoms with Gasteiger partial charge in [-0.2, -0.15) is 0 Å². The number of rotatable bonds is 8. The Kier molecular flexibility index (Phi) is 10.3. The van der Waals surface area contributed by atoms with Gasteiger partial charge in [0.2, 0.25) is 0 Å². The number of ether oxygens (including phenoxy) is 2. The van der Waals surface area contributed by atoms with E-state index in [1.807, 2.05) is 13.0 Å². The van der Waals surface area contributed by atoms with E-state index < -0.39 is 0 Å². The van der Waals surface area contributed by atoms with Crippen molar-refractivity contribution in [2.45, 2.75) is 38.0 Å². The molecule has 3 N–H and O–H groups in total. The molecule has 0 amide bonds. The molecule has 2 fully saturated rings. The summed E-state index contributed by atoms with van der Waals surface area (Å²) >= 11 is 0. The standard InChI is InChI=1S/C22H34FN3O3.HI/c1-2-24-20(25-15-21(6-10-27)7-11-29-17-21)26-16-22(8-12-28-13-9-22)18-4-3-5-19(23)14-18;/h3-5,14,27H,2,6-13,15-17H2,1H3,(H2,24,25,26);1H. The van der Waals surface area contributed by atoms with Crippen LogP contribution in [0.4, 0.5) is 4.39 Å². The van der Waals surface area contributed by atoms with Gasteiger partial charge in [0.1, 0.15) is 5.82 Å². The Bertz CT molecular complexity index is 677. The first-order valence-electron chi connectivity index (χ1n) is 10.7. The predicted octanol–water partition coefficient (Wildman–Crippen LogP) is 2.84. The summed E-state index contributed by atoms with van der Waals surface area (Å²) in [6.07, 6.45) is 3.29. The molecule has 0 bridgehead atoms. The third-order valence-corrected chi connectivity index (χ3v) is 6.23. The van der Waals surface area contributed by atoms with Gasteiger partial charge < -0.3 is 25.2 Å². The average molecular weight is 535 g/mol. The quantitative estimate of drug-likeness (QED) is 0.271. The Hall–Kier alpha value is -0.970. The van der Waals surface area contributed by atoms with Gasteiger partial charge in [-0.15, -0.1) is 24.0 Å². The molecule has 8 heteroatoms. The highest BCUT2D eigenvalue weighted by atomic mass is 127. The van der Waals surface area contributed by atoms with Crippen molar-refractivity contribution in [3.05, 3.63) is 35.6 Å². The molecule has 0 saturated carbocycles. The number of aliphatic imine (C=N–C) groups is 1. The van der Waals surface area contributed by atoms with E-state index in [1.54, 1.807) is 12.1 Å². The van der Waals surface area contributed by atoms with Crippen LogP contribution < -0.4 is 10.6 Å². The molecule has 6 nitrogen and oxygen atoms in total. The first-order valence-corrected chi connectivity index (χ1v) is 10.7. The summed E-state index contributed by atoms with van der Waals surface area (Å²) in [5.74, 6) is 0.542. The number of aliphatic hydroxyl groups excluding tert-OH is 1. The number of hydrogen-bond donors (Lipinski definition) is 3. The molecule has 0 radical (unpaired) electrons. The highest BCUT2D eigenvalue weighted by Crippen LogP contribution is 2.35. The fraction of sp³-hybridized carbons (Fsp3) is 0.682. The van der Waals surface area contributed by atoms with Crippen LogP contribution in [-0.2, 0) is 14.9 Å². The molecule has 0 aromatic heterocycles. The average Bonchev–Trinajstić information content (AvgIpc) is 3.20. The van der Waals surface area contributed by atoms with Gasteiger partial charge in [-0.05, 0) is 50.3 Å². The number of halogens is 2. The molecular weight excluding hydrogens is 500 g/mol. The molecule has 2 heterocycles. The Balaban J connectivity index is 0.00000320. The molecule has 1 aromatic carbocycles. The van der Waals surface area contributed by atoms with Crippen LogP contribution in [0.3, 0.4) is 0 Å². The highest BCUT2D eigenvalue weighted by Gasteiger charge is 2.36. The normalized spacial score (nSPS) is 23.6. The largest absolute Gasteiger partial charge is 0.396 e. The lowest BCUT2D eigenvalue weighted by Gasteiger charge is -2.38. The second-order valence-electron chi connectivity index (χ2n) is 8.23. The Morgan fingerprint density at radius 3 is 2.57 bits per heavy atom. The second kappa shape index (κ2) is 12.2. The number of guanidine groups is 1. The van der Waals surface area contributed by atoms with E-state index in [1.165, 1.54) is 6.07 Å². The van der Waals surface area contributed by atoms with Crippen molar-refractivity contribution in [2.75, 3.05) is 52.7 Å². The third-order valence-electron chi connectivity index (χ3n) is 6.23. The van der Waals surface area contributed by atoms with Crippen molar-refractivity contribution < 1.29 is 19.0 Å². The van der Waals surface area contributed by atoms with Crippen LogP contribution in [0.1, 0.15) is 38.2 Å². The molecule has 0 aliphatic carbocycles. The molecule has 170 valence electrons. The summed E-state index contributed by atoms with van der Waals surface area (Å²) < 4.78 is 25.1. The van der Waals surface area contributed by atoms with Gasteiger partial charge in [0, 0.05) is 50.3 Å². The van der Waals surface area contributed by atoms with E-state index in [0.717, 1.165) is 43.9 Å². The Labute approximate surface area is 196 Å². The van der Waals surface area contributed by atoms with E-state index >= 15 is 0 Å². The van der Waals surface area contributed by atoms with Crippen LogP contribution in [0.25, 0.3) is 0 Å². The summed E-state index contributed by atoms with van der Waals surface area (Å²) in [5.41, 5.74) is 0.733. The van der Waals surface area contributed by atoms with Gasteiger partial charge in [0.15, 0.2) is 5.96 Å². The van der Waals surface area contributed by atoms with Crippen molar-refractivity contribution in [2.24, 2.45) is 10.4 Å². The zero-order chi connectivity index (χ0) is 20.6. The molecule has 3 rings (SSSR count). The lowest BCUT2D eigenvalue weighted by atomic mass is 9.74. The zero-order valence-electron chi connectivity index (χ0n) is 17.8. The monoisotopic (exact) mass is 535 g/mol. The van der Waals surface area contributed by atoms with Crippen molar-refractivity contribution >= 4 is 29.9 Å². The van der Waals surface area contributed by atoms with Crippen LogP contribution in [-0.4, -0.2) is 63.7 Å². The lowest BCUT2D eigenvalue weighted by Crippen LogP contribution is -2.48. The summed E-state index contributed by atoms with van der Waals surface area (Å²) in [7, 11) is 0. The van der Waals surface area contributed by atoms with Gasteiger partial charge in [-0.25, -0.2) is 4.39 Å². The molecule has 0 spiro atoms. The molecule has 1 atom stereocenters. The van der Waals surface area contributed by atoms with E-state index in [9.17, 15) is 9.50 Å². The molecular formula is C22H35FIN3O3.